The van der Waals surface area contributed by atoms with Crippen molar-refractivity contribution in [1.29, 1.82) is 0 Å². The number of rotatable bonds is 4. The highest BCUT2D eigenvalue weighted by molar-refractivity contribution is 7.86. The Morgan fingerprint density at radius 3 is 2.47 bits per heavy atom. The van der Waals surface area contributed by atoms with Crippen molar-refractivity contribution < 1.29 is 23.0 Å². The maximum absolute atomic E-state index is 11.0. The van der Waals surface area contributed by atoms with Crippen molar-refractivity contribution in [3.63, 3.8) is 0 Å². The molecule has 1 aromatic rings. The molecule has 0 aliphatic carbocycles. The van der Waals surface area contributed by atoms with E-state index in [0.29, 0.717) is 0 Å². The van der Waals surface area contributed by atoms with Gasteiger partial charge in [0, 0.05) is 6.07 Å². The zero-order chi connectivity index (χ0) is 13.2. The van der Waals surface area contributed by atoms with Crippen LogP contribution in [-0.4, -0.2) is 29.2 Å². The van der Waals surface area contributed by atoms with Crippen LogP contribution in [0.3, 0.4) is 0 Å². The van der Waals surface area contributed by atoms with Gasteiger partial charge < -0.3 is 10.4 Å². The van der Waals surface area contributed by atoms with E-state index >= 15 is 0 Å². The van der Waals surface area contributed by atoms with Crippen LogP contribution in [0.5, 0.6) is 0 Å². The first kappa shape index (κ1) is 13.4. The molecular formula is C8H10N2O6S. The largest absolute Gasteiger partial charge is 0.374 e. The second-order valence-corrected chi connectivity index (χ2v) is 4.59. The van der Waals surface area contributed by atoms with Crippen LogP contribution >= 0.6 is 0 Å². The summed E-state index contributed by atoms with van der Waals surface area (Å²) in [6.07, 6.45) is -1.21. The van der Waals surface area contributed by atoms with Gasteiger partial charge in [-0.3, -0.25) is 14.7 Å². The summed E-state index contributed by atoms with van der Waals surface area (Å²) in [4.78, 5) is 9.21. The number of anilines is 1. The van der Waals surface area contributed by atoms with E-state index in [1.54, 1.807) is 0 Å². The molecule has 0 aromatic heterocycles. The normalized spacial score (nSPS) is 13.1. The summed E-state index contributed by atoms with van der Waals surface area (Å²) in [6, 6.07) is 3.17. The van der Waals surface area contributed by atoms with Crippen molar-refractivity contribution >= 4 is 21.5 Å². The molecule has 0 saturated heterocycles. The molecule has 1 atom stereocenters. The summed E-state index contributed by atoms with van der Waals surface area (Å²) in [7, 11) is -4.61. The number of hydrogen-bond donors (Lipinski definition) is 3. The molecule has 0 bridgehead atoms. The predicted octanol–water partition coefficient (Wildman–Crippen LogP) is 0.592. The van der Waals surface area contributed by atoms with Gasteiger partial charge in [-0.2, -0.15) is 8.42 Å². The average molecular weight is 262 g/mol. The molecule has 1 unspecified atom stereocenters. The Balaban J connectivity index is 3.51. The lowest BCUT2D eigenvalue weighted by Gasteiger charge is -2.12. The molecule has 0 heterocycles. The van der Waals surface area contributed by atoms with Gasteiger partial charge in [-0.25, -0.2) is 0 Å². The van der Waals surface area contributed by atoms with Crippen LogP contribution < -0.4 is 5.32 Å². The molecule has 1 rings (SSSR count). The molecule has 94 valence electrons. The number of nitrogens with zero attached hydrogens (tertiary/aromatic N) is 1. The summed E-state index contributed by atoms with van der Waals surface area (Å²) < 4.78 is 31.0. The van der Waals surface area contributed by atoms with E-state index in [0.717, 1.165) is 18.2 Å². The van der Waals surface area contributed by atoms with E-state index in [1.807, 2.05) is 0 Å². The molecule has 0 aliphatic rings. The standard InChI is InChI=1S/C8H10N2O6S/c1-5(11)9-8-6(10(12)13)3-2-4-7(8)17(14,15)16/h2-5,9,11H,1H3,(H,14,15,16). The maximum Gasteiger partial charge on any atom is 0.296 e. The number of para-hydroxylation sites is 1. The van der Waals surface area contributed by atoms with Crippen molar-refractivity contribution in [2.45, 2.75) is 18.0 Å². The van der Waals surface area contributed by atoms with Crippen LogP contribution in [0, 0.1) is 10.1 Å². The van der Waals surface area contributed by atoms with Crippen LogP contribution in [0.1, 0.15) is 6.92 Å². The molecule has 8 nitrogen and oxygen atoms in total. The van der Waals surface area contributed by atoms with Crippen LogP contribution in [-0.2, 0) is 10.1 Å². The minimum atomic E-state index is -4.61. The minimum absolute atomic E-state index is 0.449. The van der Waals surface area contributed by atoms with Gasteiger partial charge in [0.1, 0.15) is 16.8 Å². The fourth-order valence-corrected chi connectivity index (χ4v) is 1.91. The quantitative estimate of drug-likeness (QED) is 0.313. The van der Waals surface area contributed by atoms with Crippen molar-refractivity contribution in [3.8, 4) is 0 Å². The van der Waals surface area contributed by atoms with E-state index in [4.69, 9.17) is 9.66 Å². The number of nitro groups is 1. The molecule has 0 spiro atoms. The van der Waals surface area contributed by atoms with Gasteiger partial charge in [-0.05, 0) is 13.0 Å². The smallest absolute Gasteiger partial charge is 0.296 e. The van der Waals surface area contributed by atoms with E-state index < -0.39 is 37.5 Å². The fourth-order valence-electron chi connectivity index (χ4n) is 1.24. The molecule has 0 aliphatic heterocycles. The fraction of sp³-hybridized carbons (Fsp3) is 0.250. The minimum Gasteiger partial charge on any atom is -0.374 e. The number of aliphatic hydroxyl groups is 1. The molecule has 3 N–H and O–H groups in total. The Bertz CT molecular complexity index is 539. The summed E-state index contributed by atoms with van der Waals surface area (Å²) >= 11 is 0. The molecule has 9 heteroatoms. The molecule has 17 heavy (non-hydrogen) atoms. The van der Waals surface area contributed by atoms with E-state index in [-0.39, 0.29) is 0 Å². The monoisotopic (exact) mass is 262 g/mol. The van der Waals surface area contributed by atoms with Crippen LogP contribution in [0.4, 0.5) is 11.4 Å². The van der Waals surface area contributed by atoms with Gasteiger partial charge in [0.25, 0.3) is 15.8 Å². The lowest BCUT2D eigenvalue weighted by Crippen LogP contribution is -2.17. The van der Waals surface area contributed by atoms with Crippen LogP contribution in [0.25, 0.3) is 0 Å². The first-order valence-corrected chi connectivity index (χ1v) is 5.87. The average Bonchev–Trinajstić information content (AvgIpc) is 2.14. The molecule has 0 amide bonds. The van der Waals surface area contributed by atoms with Crippen LogP contribution in [0.15, 0.2) is 23.1 Å². The van der Waals surface area contributed by atoms with E-state index in [2.05, 4.69) is 5.32 Å². The third-order valence-electron chi connectivity index (χ3n) is 1.83. The number of nitro benzene ring substituents is 1. The van der Waals surface area contributed by atoms with Gasteiger partial charge in [-0.1, -0.05) is 6.07 Å². The highest BCUT2D eigenvalue weighted by Crippen LogP contribution is 2.31. The predicted molar refractivity (Wildman–Crippen MR) is 58.2 cm³/mol. The Morgan fingerprint density at radius 2 is 2.06 bits per heavy atom. The van der Waals surface area contributed by atoms with Crippen LogP contribution in [0.2, 0.25) is 0 Å². The zero-order valence-electron chi connectivity index (χ0n) is 8.69. The molecule has 1 aromatic carbocycles. The molecular weight excluding hydrogens is 252 g/mol. The molecule has 0 radical (unpaired) electrons. The van der Waals surface area contributed by atoms with Crippen molar-refractivity contribution in [2.24, 2.45) is 0 Å². The summed E-state index contributed by atoms with van der Waals surface area (Å²) in [5, 5.41) is 22.0. The first-order valence-electron chi connectivity index (χ1n) is 4.43. The van der Waals surface area contributed by atoms with E-state index in [9.17, 15) is 18.5 Å². The lowest BCUT2D eigenvalue weighted by molar-refractivity contribution is -0.384. The second kappa shape index (κ2) is 4.65. The highest BCUT2D eigenvalue weighted by atomic mass is 32.2. The van der Waals surface area contributed by atoms with Gasteiger partial charge >= 0.3 is 0 Å². The number of hydrogen-bond acceptors (Lipinski definition) is 6. The third kappa shape index (κ3) is 3.12. The van der Waals surface area contributed by atoms with Crippen molar-refractivity contribution in [3.05, 3.63) is 28.3 Å². The summed E-state index contributed by atoms with van der Waals surface area (Å²) in [6.45, 7) is 1.25. The third-order valence-corrected chi connectivity index (χ3v) is 2.73. The Labute approximate surface area is 96.8 Å². The Hall–Kier alpha value is -1.71. The lowest BCUT2D eigenvalue weighted by atomic mass is 10.2. The SMILES string of the molecule is CC(O)Nc1c([N+](=O)[O-])cccc1S(=O)(=O)O. The topological polar surface area (TPSA) is 130 Å². The highest BCUT2D eigenvalue weighted by Gasteiger charge is 2.24. The number of aliphatic hydroxyl groups excluding tert-OH is 1. The Kier molecular flexibility index (Phi) is 3.66. The number of nitrogens with one attached hydrogen (secondary N) is 1. The van der Waals surface area contributed by atoms with Gasteiger partial charge in [0.05, 0.1) is 4.92 Å². The van der Waals surface area contributed by atoms with Gasteiger partial charge in [0.2, 0.25) is 0 Å². The van der Waals surface area contributed by atoms with Gasteiger partial charge in [-0.15, -0.1) is 0 Å². The molecule has 0 fully saturated rings. The Morgan fingerprint density at radius 1 is 1.47 bits per heavy atom. The van der Waals surface area contributed by atoms with Crippen molar-refractivity contribution in [1.82, 2.24) is 0 Å². The zero-order valence-corrected chi connectivity index (χ0v) is 9.51. The second-order valence-electron chi connectivity index (χ2n) is 3.20. The summed E-state index contributed by atoms with van der Waals surface area (Å²) in [5.74, 6) is 0. The maximum atomic E-state index is 11.0. The first-order chi connectivity index (χ1) is 7.73. The van der Waals surface area contributed by atoms with Gasteiger partial charge in [0.15, 0.2) is 0 Å². The van der Waals surface area contributed by atoms with Crippen molar-refractivity contribution in [2.75, 3.05) is 5.32 Å². The summed E-state index contributed by atoms with van der Waals surface area (Å²) in [5.41, 5.74) is -1.00. The number of benzene rings is 1. The molecule has 0 saturated carbocycles. The van der Waals surface area contributed by atoms with E-state index in [1.165, 1.54) is 6.92 Å².